The number of aromatic nitrogens is 5. The van der Waals surface area contributed by atoms with Gasteiger partial charge < -0.3 is 14.2 Å². The summed E-state index contributed by atoms with van der Waals surface area (Å²) in [5, 5.41) is 3.28. The van der Waals surface area contributed by atoms with Crippen LogP contribution in [0.2, 0.25) is 5.02 Å². The number of aryl methyl sites for hydroxylation is 1. The monoisotopic (exact) mass is 531 g/mol. The fourth-order valence-electron chi connectivity index (χ4n) is 4.62. The van der Waals surface area contributed by atoms with Gasteiger partial charge in [0.15, 0.2) is 0 Å². The number of ether oxygens (including phenoxy) is 1. The Kier molecular flexibility index (Phi) is 7.32. The SMILES string of the molecule is C=CC(=O)N1CCCC[C@@H](n2c(NC(=O)c3ccnc(C)c3)nc3ccc(Oc4ccncn4)c(Cl)c32)C1. The highest BCUT2D eigenvalue weighted by Crippen LogP contribution is 2.39. The molecule has 1 aliphatic rings. The third-order valence-electron chi connectivity index (χ3n) is 6.41. The standard InChI is InChI=1S/C27H26ClN7O3/c1-3-23(36)34-13-5-4-6-19(15-34)35-25-20(7-8-21(24(25)28)38-22-10-11-29-16-31-22)32-27(35)33-26(37)18-9-12-30-17(2)14-18/h3,7-12,14,16,19H,1,4-6,13,15H2,2H3,(H,32,33,37)/t19-/m1/s1. The molecule has 38 heavy (non-hydrogen) atoms. The molecule has 1 aromatic carbocycles. The zero-order valence-electron chi connectivity index (χ0n) is 20.8. The van der Waals surface area contributed by atoms with Crippen LogP contribution in [0.3, 0.4) is 0 Å². The predicted molar refractivity (Wildman–Crippen MR) is 143 cm³/mol. The van der Waals surface area contributed by atoms with Crippen molar-refractivity contribution in [3.05, 3.63) is 78.0 Å². The van der Waals surface area contributed by atoms with E-state index in [0.717, 1.165) is 25.0 Å². The maximum Gasteiger partial charge on any atom is 0.258 e. The Bertz CT molecular complexity index is 1510. The number of hydrogen-bond acceptors (Lipinski definition) is 7. The van der Waals surface area contributed by atoms with Crippen LogP contribution in [0, 0.1) is 6.92 Å². The third kappa shape index (κ3) is 5.21. The summed E-state index contributed by atoms with van der Waals surface area (Å²) in [5.41, 5.74) is 2.36. The van der Waals surface area contributed by atoms with Gasteiger partial charge >= 0.3 is 0 Å². The number of nitrogens with one attached hydrogen (secondary N) is 1. The zero-order valence-corrected chi connectivity index (χ0v) is 21.6. The number of fused-ring (bicyclic) bond motifs is 1. The third-order valence-corrected chi connectivity index (χ3v) is 6.77. The van der Waals surface area contributed by atoms with E-state index >= 15 is 0 Å². The Morgan fingerprint density at radius 1 is 1.18 bits per heavy atom. The molecule has 0 unspecified atom stereocenters. The Morgan fingerprint density at radius 2 is 2.05 bits per heavy atom. The maximum absolute atomic E-state index is 13.2. The minimum Gasteiger partial charge on any atom is -0.437 e. The number of carbonyl (C=O) groups excluding carboxylic acids is 2. The molecule has 5 rings (SSSR count). The molecule has 0 saturated carbocycles. The maximum atomic E-state index is 13.2. The van der Waals surface area contributed by atoms with Crippen LogP contribution < -0.4 is 10.1 Å². The smallest absolute Gasteiger partial charge is 0.258 e. The normalized spacial score (nSPS) is 15.6. The Labute approximate surface area is 224 Å². The van der Waals surface area contributed by atoms with Crippen LogP contribution in [0.25, 0.3) is 11.0 Å². The van der Waals surface area contributed by atoms with Crippen LogP contribution in [-0.4, -0.2) is 54.3 Å². The molecule has 1 atom stereocenters. The molecule has 1 saturated heterocycles. The molecule has 3 aromatic heterocycles. The number of hydrogen-bond donors (Lipinski definition) is 1. The molecule has 1 aliphatic heterocycles. The van der Waals surface area contributed by atoms with Gasteiger partial charge in [-0.3, -0.25) is 19.9 Å². The van der Waals surface area contributed by atoms with Crippen LogP contribution in [0.4, 0.5) is 5.95 Å². The van der Waals surface area contributed by atoms with Gasteiger partial charge in [0.2, 0.25) is 17.7 Å². The van der Waals surface area contributed by atoms with Crippen LogP contribution in [0.1, 0.15) is 41.4 Å². The number of anilines is 1. The molecule has 4 heterocycles. The van der Waals surface area contributed by atoms with E-state index in [1.54, 1.807) is 47.6 Å². The fourth-order valence-corrected chi connectivity index (χ4v) is 4.91. The summed E-state index contributed by atoms with van der Waals surface area (Å²) in [6.45, 7) is 6.51. The Hall–Kier alpha value is -4.31. The molecule has 2 amide bonds. The quantitative estimate of drug-likeness (QED) is 0.349. The van der Waals surface area contributed by atoms with Gasteiger partial charge in [0.25, 0.3) is 5.91 Å². The number of rotatable bonds is 6. The predicted octanol–water partition coefficient (Wildman–Crippen LogP) is 4.97. The lowest BCUT2D eigenvalue weighted by Gasteiger charge is -2.26. The van der Waals surface area contributed by atoms with E-state index in [1.807, 2.05) is 11.5 Å². The summed E-state index contributed by atoms with van der Waals surface area (Å²) in [5.74, 6) is 0.588. The summed E-state index contributed by atoms with van der Waals surface area (Å²) in [6.07, 6.45) is 8.38. The van der Waals surface area contributed by atoms with Crippen LogP contribution in [-0.2, 0) is 4.79 Å². The highest BCUT2D eigenvalue weighted by atomic mass is 35.5. The molecule has 0 radical (unpaired) electrons. The number of nitrogens with zero attached hydrogens (tertiary/aromatic N) is 6. The van der Waals surface area contributed by atoms with E-state index in [-0.39, 0.29) is 17.9 Å². The van der Waals surface area contributed by atoms with Gasteiger partial charge in [-0.1, -0.05) is 18.2 Å². The first-order chi connectivity index (χ1) is 18.4. The lowest BCUT2D eigenvalue weighted by atomic mass is 10.1. The van der Waals surface area contributed by atoms with Gasteiger partial charge in [0, 0.05) is 42.8 Å². The van der Waals surface area contributed by atoms with Crippen molar-refractivity contribution >= 4 is 40.4 Å². The molecule has 1 fully saturated rings. The molecule has 4 aromatic rings. The molecule has 0 bridgehead atoms. The molecule has 0 aliphatic carbocycles. The lowest BCUT2D eigenvalue weighted by molar-refractivity contribution is -0.126. The summed E-state index contributed by atoms with van der Waals surface area (Å²) < 4.78 is 7.85. The molecular formula is C27H26ClN7O3. The van der Waals surface area contributed by atoms with Crippen molar-refractivity contribution < 1.29 is 14.3 Å². The number of amides is 2. The van der Waals surface area contributed by atoms with Crippen LogP contribution in [0.5, 0.6) is 11.6 Å². The largest absolute Gasteiger partial charge is 0.437 e. The molecule has 0 spiro atoms. The number of pyridine rings is 1. The first-order valence-electron chi connectivity index (χ1n) is 12.2. The second-order valence-electron chi connectivity index (χ2n) is 8.98. The van der Waals surface area contributed by atoms with Crippen LogP contribution >= 0.6 is 11.6 Å². The van der Waals surface area contributed by atoms with Gasteiger partial charge in [-0.25, -0.2) is 15.0 Å². The number of likely N-dealkylation sites (tertiary alicyclic amines) is 1. The van der Waals surface area contributed by atoms with Crippen molar-refractivity contribution in [3.8, 4) is 11.6 Å². The summed E-state index contributed by atoms with van der Waals surface area (Å²) >= 11 is 6.92. The van der Waals surface area contributed by atoms with E-state index in [1.165, 1.54) is 12.4 Å². The van der Waals surface area contributed by atoms with E-state index in [0.29, 0.717) is 52.3 Å². The van der Waals surface area contributed by atoms with Crippen molar-refractivity contribution in [2.24, 2.45) is 0 Å². The van der Waals surface area contributed by atoms with Gasteiger partial charge in [-0.2, -0.15) is 0 Å². The average Bonchev–Trinajstić information content (AvgIpc) is 3.11. The number of halogens is 1. The van der Waals surface area contributed by atoms with Crippen molar-refractivity contribution in [1.29, 1.82) is 0 Å². The van der Waals surface area contributed by atoms with Crippen molar-refractivity contribution in [1.82, 2.24) is 29.4 Å². The Balaban J connectivity index is 1.61. The van der Waals surface area contributed by atoms with Gasteiger partial charge in [0.1, 0.15) is 17.1 Å². The number of imidazole rings is 1. The first kappa shape index (κ1) is 25.3. The lowest BCUT2D eigenvalue weighted by Crippen LogP contribution is -2.34. The van der Waals surface area contributed by atoms with Gasteiger partial charge in [-0.15, -0.1) is 0 Å². The average molecular weight is 532 g/mol. The first-order valence-corrected chi connectivity index (χ1v) is 12.6. The van der Waals surface area contributed by atoms with E-state index in [2.05, 4.69) is 26.8 Å². The van der Waals surface area contributed by atoms with Crippen molar-refractivity contribution in [2.75, 3.05) is 18.4 Å². The second-order valence-corrected chi connectivity index (χ2v) is 9.36. The molecule has 1 N–H and O–H groups in total. The van der Waals surface area contributed by atoms with Gasteiger partial charge in [-0.05, 0) is 56.5 Å². The van der Waals surface area contributed by atoms with Crippen molar-refractivity contribution in [3.63, 3.8) is 0 Å². The minimum absolute atomic E-state index is 0.141. The number of carbonyl (C=O) groups is 2. The molecule has 194 valence electrons. The van der Waals surface area contributed by atoms with E-state index in [9.17, 15) is 9.59 Å². The highest BCUT2D eigenvalue weighted by molar-refractivity contribution is 6.36. The number of benzene rings is 1. The summed E-state index contributed by atoms with van der Waals surface area (Å²) in [6, 6.07) is 8.27. The Morgan fingerprint density at radius 3 is 2.82 bits per heavy atom. The van der Waals surface area contributed by atoms with E-state index in [4.69, 9.17) is 21.3 Å². The topological polar surface area (TPSA) is 115 Å². The van der Waals surface area contributed by atoms with E-state index < -0.39 is 0 Å². The molecular weight excluding hydrogens is 506 g/mol. The zero-order chi connectivity index (χ0) is 26.6. The van der Waals surface area contributed by atoms with Crippen molar-refractivity contribution in [2.45, 2.75) is 32.2 Å². The van der Waals surface area contributed by atoms with Gasteiger partial charge in [0.05, 0.1) is 17.1 Å². The minimum atomic E-state index is -0.326. The highest BCUT2D eigenvalue weighted by Gasteiger charge is 2.28. The molecule has 10 nitrogen and oxygen atoms in total. The van der Waals surface area contributed by atoms with Crippen LogP contribution in [0.15, 0.2) is 61.7 Å². The second kappa shape index (κ2) is 11.0. The molecule has 11 heteroatoms. The summed E-state index contributed by atoms with van der Waals surface area (Å²) in [4.78, 5) is 44.5. The summed E-state index contributed by atoms with van der Waals surface area (Å²) in [7, 11) is 0. The fraction of sp³-hybridized carbons (Fsp3) is 0.259.